The van der Waals surface area contributed by atoms with Crippen LogP contribution in [-0.2, 0) is 4.74 Å². The number of carbonyl (C=O) groups excluding carboxylic acids is 1. The van der Waals surface area contributed by atoms with E-state index in [4.69, 9.17) is 15.2 Å². The van der Waals surface area contributed by atoms with Crippen molar-refractivity contribution in [1.29, 1.82) is 0 Å². The number of hydrogen-bond donors (Lipinski definition) is 1. The molecule has 21 heavy (non-hydrogen) atoms. The molecule has 0 amide bonds. The molecule has 4 heteroatoms. The van der Waals surface area contributed by atoms with E-state index >= 15 is 0 Å². The lowest BCUT2D eigenvalue weighted by Crippen LogP contribution is -2.28. The highest BCUT2D eigenvalue weighted by molar-refractivity contribution is 5.95. The number of benzene rings is 1. The van der Waals surface area contributed by atoms with Gasteiger partial charge in [0.05, 0.1) is 18.3 Å². The first-order chi connectivity index (χ1) is 10.0. The highest BCUT2D eigenvalue weighted by Crippen LogP contribution is 2.32. The van der Waals surface area contributed by atoms with E-state index in [9.17, 15) is 4.79 Å². The zero-order valence-electron chi connectivity index (χ0n) is 13.1. The Hall–Kier alpha value is -1.71. The highest BCUT2D eigenvalue weighted by Gasteiger charge is 2.26. The molecule has 1 saturated carbocycles. The van der Waals surface area contributed by atoms with Gasteiger partial charge in [-0.2, -0.15) is 0 Å². The molecule has 2 rings (SSSR count). The topological polar surface area (TPSA) is 61.5 Å². The van der Waals surface area contributed by atoms with Gasteiger partial charge >= 0.3 is 5.97 Å². The molecule has 116 valence electrons. The standard InChI is InChI=1S/C17H25NO3/c1-4-20-17(19)15-10-14(7-8-16(15)18)21-13-6-5-11(2)12(3)9-13/h7-8,10-13H,4-6,9,18H2,1-3H3. The van der Waals surface area contributed by atoms with E-state index in [-0.39, 0.29) is 6.10 Å². The number of anilines is 1. The Morgan fingerprint density at radius 2 is 2.05 bits per heavy atom. The van der Waals surface area contributed by atoms with Crippen LogP contribution in [0.15, 0.2) is 18.2 Å². The molecule has 0 radical (unpaired) electrons. The van der Waals surface area contributed by atoms with Crippen LogP contribution in [-0.4, -0.2) is 18.7 Å². The summed E-state index contributed by atoms with van der Waals surface area (Å²) in [5.41, 5.74) is 6.64. The van der Waals surface area contributed by atoms with E-state index in [0.717, 1.165) is 18.8 Å². The van der Waals surface area contributed by atoms with E-state index in [2.05, 4.69) is 13.8 Å². The fourth-order valence-electron chi connectivity index (χ4n) is 2.79. The number of nitrogen functional groups attached to an aromatic ring is 1. The second-order valence-electron chi connectivity index (χ2n) is 5.98. The molecule has 0 aromatic heterocycles. The van der Waals surface area contributed by atoms with Gasteiger partial charge in [0.1, 0.15) is 5.75 Å². The summed E-state index contributed by atoms with van der Waals surface area (Å²) in [6.45, 7) is 6.68. The molecule has 3 unspecified atom stereocenters. The number of carbonyl (C=O) groups is 1. The van der Waals surface area contributed by atoms with E-state index in [1.54, 1.807) is 19.1 Å². The van der Waals surface area contributed by atoms with E-state index in [1.807, 2.05) is 6.07 Å². The third-order valence-corrected chi connectivity index (χ3v) is 4.37. The Balaban J connectivity index is 2.07. The van der Waals surface area contributed by atoms with Crippen molar-refractivity contribution in [3.05, 3.63) is 23.8 Å². The summed E-state index contributed by atoms with van der Waals surface area (Å²) < 4.78 is 11.0. The second kappa shape index (κ2) is 6.83. The summed E-state index contributed by atoms with van der Waals surface area (Å²) in [6.07, 6.45) is 3.52. The monoisotopic (exact) mass is 291 g/mol. The van der Waals surface area contributed by atoms with Crippen molar-refractivity contribution in [2.75, 3.05) is 12.3 Å². The number of rotatable bonds is 4. The first-order valence-corrected chi connectivity index (χ1v) is 7.74. The second-order valence-corrected chi connectivity index (χ2v) is 5.98. The third-order valence-electron chi connectivity index (χ3n) is 4.37. The molecule has 0 heterocycles. The maximum Gasteiger partial charge on any atom is 0.340 e. The molecule has 0 saturated heterocycles. The zero-order valence-corrected chi connectivity index (χ0v) is 13.1. The average molecular weight is 291 g/mol. The zero-order chi connectivity index (χ0) is 15.4. The third kappa shape index (κ3) is 3.90. The summed E-state index contributed by atoms with van der Waals surface area (Å²) in [5, 5.41) is 0. The SMILES string of the molecule is CCOC(=O)c1cc(OC2CCC(C)C(C)C2)ccc1N. The molecular formula is C17H25NO3. The summed E-state index contributed by atoms with van der Waals surface area (Å²) in [6, 6.07) is 5.22. The fourth-order valence-corrected chi connectivity index (χ4v) is 2.79. The Morgan fingerprint density at radius 3 is 2.71 bits per heavy atom. The van der Waals surface area contributed by atoms with Gasteiger partial charge in [0, 0.05) is 5.69 Å². The van der Waals surface area contributed by atoms with Gasteiger partial charge in [-0.15, -0.1) is 0 Å². The Kier molecular flexibility index (Phi) is 5.10. The molecule has 1 aromatic rings. The minimum atomic E-state index is -0.397. The summed E-state index contributed by atoms with van der Waals surface area (Å²) in [5.74, 6) is 1.72. The minimum absolute atomic E-state index is 0.217. The minimum Gasteiger partial charge on any atom is -0.490 e. The predicted octanol–water partition coefficient (Wildman–Crippen LogP) is 3.65. The summed E-state index contributed by atoms with van der Waals surface area (Å²) in [4.78, 5) is 11.8. The maximum absolute atomic E-state index is 11.8. The van der Waals surface area contributed by atoms with Crippen LogP contribution in [0.1, 0.15) is 50.4 Å². The van der Waals surface area contributed by atoms with Crippen molar-refractivity contribution in [2.24, 2.45) is 11.8 Å². The molecule has 1 fully saturated rings. The van der Waals surface area contributed by atoms with Gasteiger partial charge in [-0.05, 0) is 56.2 Å². The van der Waals surface area contributed by atoms with Crippen LogP contribution in [0.2, 0.25) is 0 Å². The molecule has 1 aliphatic rings. The molecule has 4 nitrogen and oxygen atoms in total. The lowest BCUT2D eigenvalue weighted by molar-refractivity contribution is 0.0526. The molecule has 1 aliphatic carbocycles. The van der Waals surface area contributed by atoms with Crippen molar-refractivity contribution >= 4 is 11.7 Å². The van der Waals surface area contributed by atoms with Crippen molar-refractivity contribution in [3.8, 4) is 5.75 Å². The van der Waals surface area contributed by atoms with Gasteiger partial charge in [-0.3, -0.25) is 0 Å². The lowest BCUT2D eigenvalue weighted by atomic mass is 9.80. The highest BCUT2D eigenvalue weighted by atomic mass is 16.5. The molecular weight excluding hydrogens is 266 g/mol. The van der Waals surface area contributed by atoms with Crippen LogP contribution in [0.25, 0.3) is 0 Å². The molecule has 0 bridgehead atoms. The van der Waals surface area contributed by atoms with Gasteiger partial charge < -0.3 is 15.2 Å². The van der Waals surface area contributed by atoms with Crippen molar-refractivity contribution in [1.82, 2.24) is 0 Å². The lowest BCUT2D eigenvalue weighted by Gasteiger charge is -2.32. The molecule has 0 spiro atoms. The number of ether oxygens (including phenoxy) is 2. The van der Waals surface area contributed by atoms with Crippen molar-refractivity contribution in [3.63, 3.8) is 0 Å². The fraction of sp³-hybridized carbons (Fsp3) is 0.588. The van der Waals surface area contributed by atoms with Gasteiger partial charge in [0.2, 0.25) is 0 Å². The van der Waals surface area contributed by atoms with Crippen LogP contribution in [0, 0.1) is 11.8 Å². The molecule has 3 atom stereocenters. The predicted molar refractivity (Wildman–Crippen MR) is 83.4 cm³/mol. The maximum atomic E-state index is 11.8. The van der Waals surface area contributed by atoms with Crippen LogP contribution in [0.4, 0.5) is 5.69 Å². The number of nitrogens with two attached hydrogens (primary N) is 1. The molecule has 0 aliphatic heterocycles. The largest absolute Gasteiger partial charge is 0.490 e. The van der Waals surface area contributed by atoms with Crippen LogP contribution < -0.4 is 10.5 Å². The smallest absolute Gasteiger partial charge is 0.340 e. The van der Waals surface area contributed by atoms with E-state index < -0.39 is 5.97 Å². The Bertz CT molecular complexity index is 501. The number of esters is 1. The molecule has 1 aromatic carbocycles. The van der Waals surface area contributed by atoms with Crippen LogP contribution in [0.5, 0.6) is 5.75 Å². The first-order valence-electron chi connectivity index (χ1n) is 7.74. The molecule has 2 N–H and O–H groups in total. The van der Waals surface area contributed by atoms with Crippen molar-refractivity contribution < 1.29 is 14.3 Å². The van der Waals surface area contributed by atoms with Gasteiger partial charge in [-0.25, -0.2) is 4.79 Å². The van der Waals surface area contributed by atoms with Gasteiger partial charge in [0.15, 0.2) is 0 Å². The van der Waals surface area contributed by atoms with E-state index in [0.29, 0.717) is 29.5 Å². The first kappa shape index (κ1) is 15.7. The average Bonchev–Trinajstić information content (AvgIpc) is 2.45. The van der Waals surface area contributed by atoms with Gasteiger partial charge in [-0.1, -0.05) is 13.8 Å². The quantitative estimate of drug-likeness (QED) is 0.679. The van der Waals surface area contributed by atoms with Crippen LogP contribution in [0.3, 0.4) is 0 Å². The van der Waals surface area contributed by atoms with Crippen LogP contribution >= 0.6 is 0 Å². The van der Waals surface area contributed by atoms with Gasteiger partial charge in [0.25, 0.3) is 0 Å². The number of hydrogen-bond acceptors (Lipinski definition) is 4. The summed E-state index contributed by atoms with van der Waals surface area (Å²) in [7, 11) is 0. The van der Waals surface area contributed by atoms with E-state index in [1.165, 1.54) is 6.42 Å². The Morgan fingerprint density at radius 1 is 1.29 bits per heavy atom. The normalized spacial score (nSPS) is 25.4. The summed E-state index contributed by atoms with van der Waals surface area (Å²) >= 11 is 0. The van der Waals surface area contributed by atoms with Crippen molar-refractivity contribution in [2.45, 2.75) is 46.1 Å². The Labute approximate surface area is 126 Å².